The second-order valence-corrected chi connectivity index (χ2v) is 5.80. The Labute approximate surface area is 134 Å². The van der Waals surface area contributed by atoms with E-state index in [0.717, 1.165) is 45.1 Å². The fraction of sp³-hybridized carbons (Fsp3) is 0.929. The average molecular weight is 327 g/mol. The Balaban J connectivity index is 0.00000180. The van der Waals surface area contributed by atoms with Gasteiger partial charge < -0.3 is 15.0 Å². The van der Waals surface area contributed by atoms with E-state index in [-0.39, 0.29) is 36.2 Å². The Morgan fingerprint density at radius 1 is 1.25 bits per heavy atom. The van der Waals surface area contributed by atoms with E-state index in [2.05, 4.69) is 17.1 Å². The van der Waals surface area contributed by atoms with Gasteiger partial charge in [0.15, 0.2) is 0 Å². The number of piperidine rings is 2. The standard InChI is InChI=1S/C14H26N2O2.2ClH/c1-3-18-13(17)14(2)6-10-16(11-7-14)12-4-8-15-9-5-12;;/h12,15H,3-11H2,1-2H3;2*1H. The molecule has 1 N–H and O–H groups in total. The second-order valence-electron chi connectivity index (χ2n) is 5.80. The molecule has 2 saturated heterocycles. The molecule has 0 aliphatic carbocycles. The number of rotatable bonds is 3. The van der Waals surface area contributed by atoms with Gasteiger partial charge in [-0.15, -0.1) is 24.8 Å². The van der Waals surface area contributed by atoms with Gasteiger partial charge in [-0.05, 0) is 65.7 Å². The molecule has 20 heavy (non-hydrogen) atoms. The van der Waals surface area contributed by atoms with Crippen LogP contribution in [-0.4, -0.2) is 49.7 Å². The number of esters is 1. The van der Waals surface area contributed by atoms with Crippen molar-refractivity contribution in [3.05, 3.63) is 0 Å². The molecule has 0 saturated carbocycles. The molecule has 2 aliphatic rings. The Morgan fingerprint density at radius 3 is 2.30 bits per heavy atom. The summed E-state index contributed by atoms with van der Waals surface area (Å²) < 4.78 is 5.20. The van der Waals surface area contributed by atoms with Gasteiger partial charge in [-0.1, -0.05) is 0 Å². The third-order valence-electron chi connectivity index (χ3n) is 4.49. The van der Waals surface area contributed by atoms with Gasteiger partial charge >= 0.3 is 5.97 Å². The van der Waals surface area contributed by atoms with Crippen LogP contribution in [0.2, 0.25) is 0 Å². The van der Waals surface area contributed by atoms with Crippen molar-refractivity contribution in [3.63, 3.8) is 0 Å². The molecule has 2 rings (SSSR count). The van der Waals surface area contributed by atoms with Crippen LogP contribution in [0.3, 0.4) is 0 Å². The SMILES string of the molecule is CCOC(=O)C1(C)CCN(C2CCNCC2)CC1.Cl.Cl. The van der Waals surface area contributed by atoms with E-state index in [9.17, 15) is 4.79 Å². The van der Waals surface area contributed by atoms with Crippen LogP contribution >= 0.6 is 24.8 Å². The first-order valence-corrected chi connectivity index (χ1v) is 7.28. The third kappa shape index (κ3) is 4.76. The molecule has 0 bridgehead atoms. The third-order valence-corrected chi connectivity index (χ3v) is 4.49. The number of hydrogen-bond donors (Lipinski definition) is 1. The summed E-state index contributed by atoms with van der Waals surface area (Å²) in [6.45, 7) is 8.79. The fourth-order valence-corrected chi connectivity index (χ4v) is 3.06. The molecule has 0 radical (unpaired) electrons. The molecule has 0 aromatic heterocycles. The number of halogens is 2. The van der Waals surface area contributed by atoms with Gasteiger partial charge in [-0.25, -0.2) is 0 Å². The number of hydrogen-bond acceptors (Lipinski definition) is 4. The number of nitrogens with one attached hydrogen (secondary N) is 1. The van der Waals surface area contributed by atoms with Crippen molar-refractivity contribution in [2.24, 2.45) is 5.41 Å². The zero-order valence-corrected chi connectivity index (χ0v) is 14.2. The Hall–Kier alpha value is -0.0300. The molecule has 0 aromatic carbocycles. The minimum atomic E-state index is -0.251. The maximum atomic E-state index is 12.0. The van der Waals surface area contributed by atoms with E-state index < -0.39 is 0 Å². The predicted molar refractivity (Wildman–Crippen MR) is 85.9 cm³/mol. The van der Waals surface area contributed by atoms with Crippen molar-refractivity contribution in [1.82, 2.24) is 10.2 Å². The Bertz CT molecular complexity index is 289. The van der Waals surface area contributed by atoms with Crippen LogP contribution in [0.4, 0.5) is 0 Å². The normalized spacial score (nSPS) is 23.3. The predicted octanol–water partition coefficient (Wildman–Crippen LogP) is 2.25. The smallest absolute Gasteiger partial charge is 0.311 e. The van der Waals surface area contributed by atoms with Gasteiger partial charge in [0.2, 0.25) is 0 Å². The molecule has 6 heteroatoms. The lowest BCUT2D eigenvalue weighted by molar-refractivity contribution is -0.157. The van der Waals surface area contributed by atoms with Gasteiger partial charge in [0.05, 0.1) is 12.0 Å². The maximum absolute atomic E-state index is 12.0. The van der Waals surface area contributed by atoms with Crippen molar-refractivity contribution >= 4 is 30.8 Å². The van der Waals surface area contributed by atoms with Crippen LogP contribution in [0, 0.1) is 5.41 Å². The number of nitrogens with zero attached hydrogens (tertiary/aromatic N) is 1. The van der Waals surface area contributed by atoms with Crippen LogP contribution in [0.15, 0.2) is 0 Å². The first-order chi connectivity index (χ1) is 8.65. The second kappa shape index (κ2) is 9.08. The van der Waals surface area contributed by atoms with E-state index in [1.54, 1.807) is 0 Å². The summed E-state index contributed by atoms with van der Waals surface area (Å²) in [5.41, 5.74) is -0.251. The molecular formula is C14H28Cl2N2O2. The van der Waals surface area contributed by atoms with Gasteiger partial charge in [0, 0.05) is 6.04 Å². The average Bonchev–Trinajstić information content (AvgIpc) is 2.41. The monoisotopic (exact) mass is 326 g/mol. The minimum absolute atomic E-state index is 0. The van der Waals surface area contributed by atoms with Crippen molar-refractivity contribution in [2.45, 2.75) is 45.6 Å². The van der Waals surface area contributed by atoms with E-state index in [4.69, 9.17) is 4.74 Å². The highest BCUT2D eigenvalue weighted by atomic mass is 35.5. The van der Waals surface area contributed by atoms with Crippen LogP contribution in [0.5, 0.6) is 0 Å². The summed E-state index contributed by atoms with van der Waals surface area (Å²) in [4.78, 5) is 14.5. The molecule has 2 aliphatic heterocycles. The Morgan fingerprint density at radius 2 is 1.80 bits per heavy atom. The van der Waals surface area contributed by atoms with Crippen LogP contribution in [0.1, 0.15) is 39.5 Å². The van der Waals surface area contributed by atoms with E-state index in [1.165, 1.54) is 12.8 Å². The molecule has 2 heterocycles. The molecule has 0 amide bonds. The van der Waals surface area contributed by atoms with E-state index >= 15 is 0 Å². The van der Waals surface area contributed by atoms with Gasteiger partial charge in [-0.2, -0.15) is 0 Å². The molecule has 120 valence electrons. The topological polar surface area (TPSA) is 41.6 Å². The van der Waals surface area contributed by atoms with E-state index in [1.807, 2.05) is 6.92 Å². The van der Waals surface area contributed by atoms with Crippen LogP contribution in [0.25, 0.3) is 0 Å². The quantitative estimate of drug-likeness (QED) is 0.808. The summed E-state index contributed by atoms with van der Waals surface area (Å²) in [6.07, 6.45) is 4.37. The van der Waals surface area contributed by atoms with Gasteiger partial charge in [0.1, 0.15) is 0 Å². The lowest BCUT2D eigenvalue weighted by Crippen LogP contribution is -2.50. The van der Waals surface area contributed by atoms with Crippen LogP contribution < -0.4 is 5.32 Å². The summed E-state index contributed by atoms with van der Waals surface area (Å²) in [5.74, 6) is -0.00467. The van der Waals surface area contributed by atoms with Crippen molar-refractivity contribution in [2.75, 3.05) is 32.8 Å². The Kier molecular flexibility index (Phi) is 9.07. The number of likely N-dealkylation sites (tertiary alicyclic amines) is 1. The zero-order chi connectivity index (χ0) is 13.0. The fourth-order valence-electron chi connectivity index (χ4n) is 3.06. The van der Waals surface area contributed by atoms with Gasteiger partial charge in [0.25, 0.3) is 0 Å². The van der Waals surface area contributed by atoms with E-state index in [0.29, 0.717) is 6.61 Å². The first-order valence-electron chi connectivity index (χ1n) is 7.28. The van der Waals surface area contributed by atoms with Crippen molar-refractivity contribution in [3.8, 4) is 0 Å². The largest absolute Gasteiger partial charge is 0.466 e. The summed E-state index contributed by atoms with van der Waals surface area (Å²) in [6, 6.07) is 0.720. The van der Waals surface area contributed by atoms with Crippen molar-refractivity contribution in [1.29, 1.82) is 0 Å². The lowest BCUT2D eigenvalue weighted by Gasteiger charge is -2.42. The first kappa shape index (κ1) is 20.0. The molecular weight excluding hydrogens is 299 g/mol. The van der Waals surface area contributed by atoms with Crippen LogP contribution in [-0.2, 0) is 9.53 Å². The molecule has 0 aromatic rings. The summed E-state index contributed by atoms with van der Waals surface area (Å²) >= 11 is 0. The molecule has 0 atom stereocenters. The highest BCUT2D eigenvalue weighted by Gasteiger charge is 2.39. The van der Waals surface area contributed by atoms with Gasteiger partial charge in [-0.3, -0.25) is 4.79 Å². The lowest BCUT2D eigenvalue weighted by atomic mass is 9.79. The summed E-state index contributed by atoms with van der Waals surface area (Å²) in [5, 5.41) is 3.40. The number of ether oxygens (including phenoxy) is 1. The minimum Gasteiger partial charge on any atom is -0.466 e. The number of carbonyl (C=O) groups is 1. The maximum Gasteiger partial charge on any atom is 0.311 e. The molecule has 0 unspecified atom stereocenters. The highest BCUT2D eigenvalue weighted by molar-refractivity contribution is 5.85. The zero-order valence-electron chi connectivity index (χ0n) is 12.5. The van der Waals surface area contributed by atoms with Crippen molar-refractivity contribution < 1.29 is 9.53 Å². The molecule has 4 nitrogen and oxygen atoms in total. The summed E-state index contributed by atoms with van der Waals surface area (Å²) in [7, 11) is 0. The highest BCUT2D eigenvalue weighted by Crippen LogP contribution is 2.33. The molecule has 2 fully saturated rings. The number of carbonyl (C=O) groups excluding carboxylic acids is 1. The molecule has 0 spiro atoms.